The van der Waals surface area contributed by atoms with E-state index in [1.165, 1.54) is 12.1 Å². The van der Waals surface area contributed by atoms with Gasteiger partial charge in [0, 0.05) is 12.0 Å². The molecular formula is C14H14ClFO. The minimum Gasteiger partial charge on any atom is -0.469 e. The molecule has 0 amide bonds. The van der Waals surface area contributed by atoms with Gasteiger partial charge in [-0.15, -0.1) is 11.6 Å². The van der Waals surface area contributed by atoms with E-state index in [2.05, 4.69) is 0 Å². The summed E-state index contributed by atoms with van der Waals surface area (Å²) in [6.45, 7) is 2.03. The van der Waals surface area contributed by atoms with E-state index in [-0.39, 0.29) is 11.2 Å². The SMILES string of the molecule is CCc1occc1C(Cl)Cc1ccc(F)cc1. The van der Waals surface area contributed by atoms with Gasteiger partial charge < -0.3 is 4.42 Å². The molecule has 0 N–H and O–H groups in total. The smallest absolute Gasteiger partial charge is 0.123 e. The molecule has 1 aromatic carbocycles. The molecule has 0 radical (unpaired) electrons. The van der Waals surface area contributed by atoms with Crippen molar-refractivity contribution in [3.05, 3.63) is 59.3 Å². The Labute approximate surface area is 105 Å². The molecule has 2 aromatic rings. The van der Waals surface area contributed by atoms with Crippen molar-refractivity contribution in [3.63, 3.8) is 0 Å². The summed E-state index contributed by atoms with van der Waals surface area (Å²) in [7, 11) is 0. The summed E-state index contributed by atoms with van der Waals surface area (Å²) in [5.74, 6) is 0.699. The summed E-state index contributed by atoms with van der Waals surface area (Å²) in [5.41, 5.74) is 2.05. The molecule has 0 aliphatic heterocycles. The quantitative estimate of drug-likeness (QED) is 0.730. The van der Waals surface area contributed by atoms with Crippen LogP contribution >= 0.6 is 11.6 Å². The third-order valence-electron chi connectivity index (χ3n) is 2.77. The topological polar surface area (TPSA) is 13.1 Å². The number of furan rings is 1. The van der Waals surface area contributed by atoms with Gasteiger partial charge in [0.05, 0.1) is 11.6 Å². The standard InChI is InChI=1S/C14H14ClFO/c1-2-14-12(7-8-17-14)13(15)9-10-3-5-11(16)6-4-10/h3-8,13H,2,9H2,1H3. The maximum atomic E-state index is 12.8. The lowest BCUT2D eigenvalue weighted by Crippen LogP contribution is -1.97. The lowest BCUT2D eigenvalue weighted by molar-refractivity contribution is 0.510. The lowest BCUT2D eigenvalue weighted by atomic mass is 10.0. The molecule has 0 aliphatic carbocycles. The Morgan fingerprint density at radius 3 is 2.59 bits per heavy atom. The number of hydrogen-bond acceptors (Lipinski definition) is 1. The van der Waals surface area contributed by atoms with Gasteiger partial charge in [0.2, 0.25) is 0 Å². The molecule has 0 aliphatic rings. The Hall–Kier alpha value is -1.28. The van der Waals surface area contributed by atoms with Crippen LogP contribution in [0, 0.1) is 5.82 Å². The molecule has 0 spiro atoms. The second-order valence-corrected chi connectivity index (χ2v) is 4.48. The van der Waals surface area contributed by atoms with Crippen molar-refractivity contribution >= 4 is 11.6 Å². The van der Waals surface area contributed by atoms with Gasteiger partial charge in [-0.25, -0.2) is 4.39 Å². The number of alkyl halides is 1. The van der Waals surface area contributed by atoms with Gasteiger partial charge in [0.1, 0.15) is 11.6 Å². The number of halogens is 2. The second-order valence-electron chi connectivity index (χ2n) is 3.95. The molecule has 0 saturated carbocycles. The van der Waals surface area contributed by atoms with Gasteiger partial charge in [-0.3, -0.25) is 0 Å². The third kappa shape index (κ3) is 2.89. The minimum absolute atomic E-state index is 0.130. The lowest BCUT2D eigenvalue weighted by Gasteiger charge is -2.09. The fourth-order valence-electron chi connectivity index (χ4n) is 1.85. The number of benzene rings is 1. The Morgan fingerprint density at radius 2 is 1.94 bits per heavy atom. The zero-order valence-electron chi connectivity index (χ0n) is 9.62. The molecule has 1 aromatic heterocycles. The average Bonchev–Trinajstić information content (AvgIpc) is 2.80. The summed E-state index contributed by atoms with van der Waals surface area (Å²) in [4.78, 5) is 0. The predicted octanol–water partition coefficient (Wildman–Crippen LogP) is 4.50. The van der Waals surface area contributed by atoms with Crippen molar-refractivity contribution < 1.29 is 8.81 Å². The van der Waals surface area contributed by atoms with Crippen LogP contribution in [0.15, 0.2) is 41.0 Å². The molecule has 0 fully saturated rings. The predicted molar refractivity (Wildman–Crippen MR) is 66.8 cm³/mol. The van der Waals surface area contributed by atoms with E-state index in [0.717, 1.165) is 23.3 Å². The van der Waals surface area contributed by atoms with Gasteiger partial charge in [-0.2, -0.15) is 0 Å². The highest BCUT2D eigenvalue weighted by Crippen LogP contribution is 2.29. The molecular weight excluding hydrogens is 239 g/mol. The van der Waals surface area contributed by atoms with Crippen LogP contribution in [-0.2, 0) is 12.8 Å². The summed E-state index contributed by atoms with van der Waals surface area (Å²) >= 11 is 6.35. The first kappa shape index (κ1) is 12.2. The third-order valence-corrected chi connectivity index (χ3v) is 3.16. The van der Waals surface area contributed by atoms with Crippen molar-refractivity contribution in [1.29, 1.82) is 0 Å². The fraction of sp³-hybridized carbons (Fsp3) is 0.286. The van der Waals surface area contributed by atoms with E-state index in [0.29, 0.717) is 6.42 Å². The highest BCUT2D eigenvalue weighted by Gasteiger charge is 2.14. The Kier molecular flexibility index (Phi) is 3.85. The molecule has 1 atom stereocenters. The molecule has 0 saturated heterocycles. The number of rotatable bonds is 4. The van der Waals surface area contributed by atoms with Crippen molar-refractivity contribution in [2.75, 3.05) is 0 Å². The normalized spacial score (nSPS) is 12.6. The fourth-order valence-corrected chi connectivity index (χ4v) is 2.23. The van der Waals surface area contributed by atoms with Crippen LogP contribution in [0.2, 0.25) is 0 Å². The highest BCUT2D eigenvalue weighted by molar-refractivity contribution is 6.21. The van der Waals surface area contributed by atoms with E-state index >= 15 is 0 Å². The molecule has 1 unspecified atom stereocenters. The van der Waals surface area contributed by atoms with Crippen LogP contribution in [0.5, 0.6) is 0 Å². The second kappa shape index (κ2) is 5.37. The average molecular weight is 253 g/mol. The minimum atomic E-state index is -0.225. The van der Waals surface area contributed by atoms with Crippen molar-refractivity contribution in [1.82, 2.24) is 0 Å². The van der Waals surface area contributed by atoms with E-state index in [9.17, 15) is 4.39 Å². The van der Waals surface area contributed by atoms with E-state index in [1.54, 1.807) is 18.4 Å². The van der Waals surface area contributed by atoms with Gasteiger partial charge >= 0.3 is 0 Å². The molecule has 1 nitrogen and oxygen atoms in total. The van der Waals surface area contributed by atoms with Gasteiger partial charge in [-0.05, 0) is 30.2 Å². The zero-order valence-corrected chi connectivity index (χ0v) is 10.4. The maximum absolute atomic E-state index is 12.8. The molecule has 0 bridgehead atoms. The van der Waals surface area contributed by atoms with Crippen molar-refractivity contribution in [2.24, 2.45) is 0 Å². The molecule has 3 heteroatoms. The maximum Gasteiger partial charge on any atom is 0.123 e. The van der Waals surface area contributed by atoms with Gasteiger partial charge in [0.15, 0.2) is 0 Å². The van der Waals surface area contributed by atoms with E-state index in [4.69, 9.17) is 16.0 Å². The zero-order chi connectivity index (χ0) is 12.3. The van der Waals surface area contributed by atoms with Crippen LogP contribution in [0.1, 0.15) is 29.2 Å². The van der Waals surface area contributed by atoms with Crippen LogP contribution < -0.4 is 0 Å². The number of aryl methyl sites for hydroxylation is 1. The van der Waals surface area contributed by atoms with Crippen LogP contribution in [0.4, 0.5) is 4.39 Å². The van der Waals surface area contributed by atoms with E-state index in [1.807, 2.05) is 13.0 Å². The molecule has 17 heavy (non-hydrogen) atoms. The van der Waals surface area contributed by atoms with Gasteiger partial charge in [-0.1, -0.05) is 19.1 Å². The van der Waals surface area contributed by atoms with Gasteiger partial charge in [0.25, 0.3) is 0 Å². The molecule has 90 valence electrons. The monoisotopic (exact) mass is 252 g/mol. The summed E-state index contributed by atoms with van der Waals surface area (Å²) < 4.78 is 18.1. The highest BCUT2D eigenvalue weighted by atomic mass is 35.5. The first-order valence-corrected chi connectivity index (χ1v) is 6.09. The van der Waals surface area contributed by atoms with Crippen molar-refractivity contribution in [2.45, 2.75) is 25.1 Å². The van der Waals surface area contributed by atoms with E-state index < -0.39 is 0 Å². The molecule has 2 rings (SSSR count). The summed E-state index contributed by atoms with van der Waals surface area (Å²) in [6, 6.07) is 8.33. The first-order chi connectivity index (χ1) is 8.20. The Bertz CT molecular complexity index is 475. The van der Waals surface area contributed by atoms with Crippen molar-refractivity contribution in [3.8, 4) is 0 Å². The summed E-state index contributed by atoms with van der Waals surface area (Å²) in [6.07, 6.45) is 3.16. The number of hydrogen-bond donors (Lipinski definition) is 0. The summed E-state index contributed by atoms with van der Waals surface area (Å²) in [5, 5.41) is -0.130. The Morgan fingerprint density at radius 1 is 1.24 bits per heavy atom. The molecule has 1 heterocycles. The van der Waals surface area contributed by atoms with Crippen LogP contribution in [0.25, 0.3) is 0 Å². The first-order valence-electron chi connectivity index (χ1n) is 5.65. The Balaban J connectivity index is 2.11. The van der Waals surface area contributed by atoms with Crippen LogP contribution in [0.3, 0.4) is 0 Å². The largest absolute Gasteiger partial charge is 0.469 e. The van der Waals surface area contributed by atoms with Crippen LogP contribution in [-0.4, -0.2) is 0 Å².